The smallest absolute Gasteiger partial charge is 0.218 e. The molecule has 0 unspecified atom stereocenters. The highest BCUT2D eigenvalue weighted by atomic mass is 32.1. The van der Waals surface area contributed by atoms with E-state index >= 15 is 0 Å². The minimum absolute atomic E-state index is 0.680. The van der Waals surface area contributed by atoms with Crippen molar-refractivity contribution in [3.8, 4) is 5.69 Å². The van der Waals surface area contributed by atoms with Gasteiger partial charge >= 0.3 is 0 Å². The lowest BCUT2D eigenvalue weighted by Crippen LogP contribution is -1.91. The Morgan fingerprint density at radius 3 is 3.05 bits per heavy atom. The van der Waals surface area contributed by atoms with Crippen molar-refractivity contribution in [3.05, 3.63) is 59.8 Å². The van der Waals surface area contributed by atoms with Gasteiger partial charge < -0.3 is 0 Å². The average Bonchev–Trinajstić information content (AvgIpc) is 3.11. The highest BCUT2D eigenvalue weighted by Gasteiger charge is 2.10. The number of aromatic nitrogens is 3. The zero-order valence-corrected chi connectivity index (χ0v) is 10.6. The van der Waals surface area contributed by atoms with E-state index in [1.54, 1.807) is 17.5 Å². The third-order valence-electron chi connectivity index (χ3n) is 3.17. The van der Waals surface area contributed by atoms with E-state index < -0.39 is 0 Å². The summed E-state index contributed by atoms with van der Waals surface area (Å²) in [5.74, 6) is 0.897. The first-order chi connectivity index (χ1) is 9.36. The molecule has 4 aromatic rings. The van der Waals surface area contributed by atoms with E-state index in [4.69, 9.17) is 6.57 Å². The summed E-state index contributed by atoms with van der Waals surface area (Å²) in [5.41, 5.74) is 1.79. The van der Waals surface area contributed by atoms with Crippen LogP contribution < -0.4 is 0 Å². The first kappa shape index (κ1) is 10.4. The molecule has 0 spiro atoms. The van der Waals surface area contributed by atoms with E-state index in [1.807, 2.05) is 41.2 Å². The van der Waals surface area contributed by atoms with Gasteiger partial charge in [0.05, 0.1) is 12.3 Å². The molecular formula is C14H8N4S. The third-order valence-corrected chi connectivity index (χ3v) is 4.10. The Balaban J connectivity index is 2.02. The van der Waals surface area contributed by atoms with Gasteiger partial charge in [0.25, 0.3) is 0 Å². The number of fused-ring (bicyclic) bond motifs is 2. The standard InChI is InChI=1S/C14H8N4S/c1-15-10-2-3-11-12(9-19-13(11)8-10)18-7-6-17-5-4-16-14(17)18/h2-9H. The zero-order valence-electron chi connectivity index (χ0n) is 9.82. The molecule has 0 aliphatic rings. The fraction of sp³-hybridized carbons (Fsp3) is 0. The summed E-state index contributed by atoms with van der Waals surface area (Å²) in [6, 6.07) is 5.80. The summed E-state index contributed by atoms with van der Waals surface area (Å²) < 4.78 is 5.18. The second-order valence-electron chi connectivity index (χ2n) is 4.22. The van der Waals surface area contributed by atoms with Crippen LogP contribution in [0, 0.1) is 6.57 Å². The molecule has 0 bridgehead atoms. The van der Waals surface area contributed by atoms with Crippen LogP contribution in [0.4, 0.5) is 5.69 Å². The maximum absolute atomic E-state index is 7.06. The Bertz CT molecular complexity index is 935. The molecule has 4 nitrogen and oxygen atoms in total. The monoisotopic (exact) mass is 264 g/mol. The van der Waals surface area contributed by atoms with Crippen LogP contribution in [0.15, 0.2) is 48.4 Å². The molecule has 0 radical (unpaired) electrons. The molecule has 0 saturated heterocycles. The molecular weight excluding hydrogens is 256 g/mol. The number of benzene rings is 1. The maximum Gasteiger partial charge on any atom is 0.218 e. The number of thiophene rings is 1. The van der Waals surface area contributed by atoms with Crippen molar-refractivity contribution < 1.29 is 0 Å². The predicted molar refractivity (Wildman–Crippen MR) is 76.2 cm³/mol. The van der Waals surface area contributed by atoms with Gasteiger partial charge in [0.1, 0.15) is 0 Å². The molecule has 0 N–H and O–H groups in total. The summed E-state index contributed by atoms with van der Waals surface area (Å²) >= 11 is 1.65. The summed E-state index contributed by atoms with van der Waals surface area (Å²) in [7, 11) is 0. The molecule has 4 rings (SSSR count). The predicted octanol–water partition coefficient (Wildman–Crippen LogP) is 3.89. The fourth-order valence-electron chi connectivity index (χ4n) is 2.26. The summed E-state index contributed by atoms with van der Waals surface area (Å²) in [5, 5.41) is 3.26. The second-order valence-corrected chi connectivity index (χ2v) is 5.13. The fourth-order valence-corrected chi connectivity index (χ4v) is 3.23. The molecule has 0 aliphatic carbocycles. The van der Waals surface area contributed by atoms with E-state index in [2.05, 4.69) is 19.8 Å². The molecule has 0 aliphatic heterocycles. The molecule has 0 fully saturated rings. The first-order valence-corrected chi connectivity index (χ1v) is 6.64. The van der Waals surface area contributed by atoms with Gasteiger partial charge in [-0.1, -0.05) is 12.1 Å². The van der Waals surface area contributed by atoms with Gasteiger partial charge in [-0.25, -0.2) is 9.83 Å². The van der Waals surface area contributed by atoms with Crippen LogP contribution in [0.25, 0.3) is 26.4 Å². The molecule has 3 heterocycles. The van der Waals surface area contributed by atoms with Crippen LogP contribution in [0.2, 0.25) is 0 Å². The molecule has 0 atom stereocenters. The van der Waals surface area contributed by atoms with Crippen molar-refractivity contribution in [2.24, 2.45) is 0 Å². The van der Waals surface area contributed by atoms with Crippen LogP contribution in [0.3, 0.4) is 0 Å². The van der Waals surface area contributed by atoms with Gasteiger partial charge in [-0.2, -0.15) is 0 Å². The summed E-state index contributed by atoms with van der Waals surface area (Å²) in [6.07, 6.45) is 7.71. The van der Waals surface area contributed by atoms with Gasteiger partial charge in [0, 0.05) is 40.3 Å². The van der Waals surface area contributed by atoms with Crippen molar-refractivity contribution in [2.45, 2.75) is 0 Å². The van der Waals surface area contributed by atoms with E-state index in [-0.39, 0.29) is 0 Å². The van der Waals surface area contributed by atoms with Gasteiger partial charge in [0.2, 0.25) is 5.78 Å². The van der Waals surface area contributed by atoms with Crippen molar-refractivity contribution in [1.82, 2.24) is 14.0 Å². The molecule has 5 heteroatoms. The van der Waals surface area contributed by atoms with Crippen LogP contribution in [0.1, 0.15) is 0 Å². The Labute approximate surface area is 113 Å². The van der Waals surface area contributed by atoms with Gasteiger partial charge in [-0.3, -0.25) is 8.97 Å². The summed E-state index contributed by atoms with van der Waals surface area (Å²) in [4.78, 5) is 7.82. The maximum atomic E-state index is 7.06. The zero-order chi connectivity index (χ0) is 12.8. The quantitative estimate of drug-likeness (QED) is 0.479. The number of hydrogen-bond donors (Lipinski definition) is 0. The van der Waals surface area contributed by atoms with Crippen molar-refractivity contribution in [3.63, 3.8) is 0 Å². The largest absolute Gasteiger partial charge is 0.291 e. The molecule has 1 aromatic carbocycles. The van der Waals surface area contributed by atoms with E-state index in [1.165, 1.54) is 0 Å². The van der Waals surface area contributed by atoms with E-state index in [0.29, 0.717) is 5.69 Å². The normalized spacial score (nSPS) is 11.1. The lowest BCUT2D eigenvalue weighted by Gasteiger charge is -2.01. The molecule has 90 valence electrons. The lowest BCUT2D eigenvalue weighted by molar-refractivity contribution is 1.09. The molecule has 3 aromatic heterocycles. The average molecular weight is 264 g/mol. The number of hydrogen-bond acceptors (Lipinski definition) is 2. The lowest BCUT2D eigenvalue weighted by atomic mass is 10.2. The highest BCUT2D eigenvalue weighted by Crippen LogP contribution is 2.32. The Morgan fingerprint density at radius 1 is 1.21 bits per heavy atom. The first-order valence-electron chi connectivity index (χ1n) is 5.76. The Hall–Kier alpha value is -2.58. The van der Waals surface area contributed by atoms with Crippen molar-refractivity contribution in [2.75, 3.05) is 0 Å². The van der Waals surface area contributed by atoms with Crippen LogP contribution >= 0.6 is 11.3 Å². The number of rotatable bonds is 1. The molecule has 19 heavy (non-hydrogen) atoms. The van der Waals surface area contributed by atoms with Crippen LogP contribution in [-0.4, -0.2) is 14.0 Å². The van der Waals surface area contributed by atoms with Gasteiger partial charge in [0.15, 0.2) is 5.69 Å². The van der Waals surface area contributed by atoms with Gasteiger partial charge in [-0.15, -0.1) is 11.3 Å². The number of nitrogens with zero attached hydrogens (tertiary/aromatic N) is 4. The van der Waals surface area contributed by atoms with Crippen molar-refractivity contribution in [1.29, 1.82) is 0 Å². The Kier molecular flexibility index (Phi) is 2.02. The molecule has 0 amide bonds. The number of imidazole rings is 2. The summed E-state index contributed by atoms with van der Waals surface area (Å²) in [6.45, 7) is 7.06. The second kappa shape index (κ2) is 3.70. The Morgan fingerprint density at radius 2 is 2.16 bits per heavy atom. The van der Waals surface area contributed by atoms with Crippen LogP contribution in [0.5, 0.6) is 0 Å². The third kappa shape index (κ3) is 1.41. The minimum atomic E-state index is 0.680. The van der Waals surface area contributed by atoms with E-state index in [0.717, 1.165) is 21.6 Å². The van der Waals surface area contributed by atoms with Crippen LogP contribution in [-0.2, 0) is 0 Å². The van der Waals surface area contributed by atoms with Gasteiger partial charge in [-0.05, 0) is 6.07 Å². The minimum Gasteiger partial charge on any atom is -0.291 e. The highest BCUT2D eigenvalue weighted by molar-refractivity contribution is 7.17. The van der Waals surface area contributed by atoms with Crippen molar-refractivity contribution >= 4 is 32.9 Å². The SMILES string of the molecule is [C-]#[N+]c1ccc2c(-n3ccn4ccnc34)csc2c1. The topological polar surface area (TPSA) is 26.6 Å². The van der Waals surface area contributed by atoms with E-state index in [9.17, 15) is 0 Å². The molecule has 0 saturated carbocycles.